The predicted octanol–water partition coefficient (Wildman–Crippen LogP) is 1.82. The molecule has 3 heterocycles. The maximum atomic E-state index is 13.1. The number of carbonyl (C=O) groups excluding carboxylic acids is 1. The van der Waals surface area contributed by atoms with E-state index in [4.69, 9.17) is 0 Å². The first-order valence-corrected chi connectivity index (χ1v) is 8.78. The fourth-order valence-electron chi connectivity index (χ4n) is 3.24. The van der Waals surface area contributed by atoms with E-state index in [0.29, 0.717) is 36.7 Å². The Hall–Kier alpha value is -3.23. The maximum absolute atomic E-state index is 13.1. The van der Waals surface area contributed by atoms with E-state index in [-0.39, 0.29) is 17.6 Å². The van der Waals surface area contributed by atoms with Gasteiger partial charge in [0.2, 0.25) is 5.82 Å². The maximum Gasteiger partial charge on any atom is 0.253 e. The number of tetrazole rings is 1. The van der Waals surface area contributed by atoms with Gasteiger partial charge in [-0.15, -0.1) is 10.2 Å². The molecule has 8 nitrogen and oxygen atoms in total. The number of hydrogen-bond donors (Lipinski definition) is 0. The normalized spacial score (nSPS) is 17.1. The molecule has 2 aromatic heterocycles. The molecule has 138 valence electrons. The number of hydrogen-bond acceptors (Lipinski definition) is 6. The highest BCUT2D eigenvalue weighted by Gasteiger charge is 2.25. The number of likely N-dealkylation sites (tertiary alicyclic amines) is 1. The van der Waals surface area contributed by atoms with Crippen molar-refractivity contribution < 1.29 is 9.18 Å². The van der Waals surface area contributed by atoms with Crippen molar-refractivity contribution in [3.63, 3.8) is 0 Å². The molecule has 0 aliphatic carbocycles. The molecule has 27 heavy (non-hydrogen) atoms. The van der Waals surface area contributed by atoms with Crippen LogP contribution in [0, 0.1) is 11.7 Å². The van der Waals surface area contributed by atoms with Gasteiger partial charge >= 0.3 is 0 Å². The molecular weight excluding hydrogens is 349 g/mol. The molecule has 0 spiro atoms. The first-order valence-electron chi connectivity index (χ1n) is 8.78. The molecule has 1 aliphatic rings. The summed E-state index contributed by atoms with van der Waals surface area (Å²) in [6.45, 7) is 1.88. The molecule has 1 saturated heterocycles. The third-order valence-corrected chi connectivity index (χ3v) is 4.56. The van der Waals surface area contributed by atoms with E-state index >= 15 is 0 Å². The van der Waals surface area contributed by atoms with Crippen molar-refractivity contribution in [3.05, 3.63) is 54.2 Å². The van der Waals surface area contributed by atoms with Gasteiger partial charge < -0.3 is 4.90 Å². The quantitative estimate of drug-likeness (QED) is 0.699. The van der Waals surface area contributed by atoms with E-state index in [9.17, 15) is 9.18 Å². The number of halogens is 1. The number of carbonyl (C=O) groups is 1. The fraction of sp³-hybridized carbons (Fsp3) is 0.333. The summed E-state index contributed by atoms with van der Waals surface area (Å²) in [5.74, 6) is 0.232. The zero-order chi connectivity index (χ0) is 18.6. The van der Waals surface area contributed by atoms with Crippen LogP contribution in [0.2, 0.25) is 0 Å². The highest BCUT2D eigenvalue weighted by atomic mass is 19.1. The molecule has 1 fully saturated rings. The van der Waals surface area contributed by atoms with E-state index in [2.05, 4.69) is 25.4 Å². The van der Waals surface area contributed by atoms with Gasteiger partial charge in [-0.2, -0.15) is 4.80 Å². The molecule has 4 rings (SSSR count). The van der Waals surface area contributed by atoms with E-state index in [0.717, 1.165) is 12.8 Å². The minimum atomic E-state index is -0.348. The Kier molecular flexibility index (Phi) is 4.82. The van der Waals surface area contributed by atoms with Gasteiger partial charge in [0.05, 0.1) is 12.7 Å². The van der Waals surface area contributed by atoms with Crippen molar-refractivity contribution in [2.24, 2.45) is 5.92 Å². The van der Waals surface area contributed by atoms with Crippen molar-refractivity contribution in [3.8, 4) is 11.5 Å². The van der Waals surface area contributed by atoms with Crippen LogP contribution in [-0.2, 0) is 6.54 Å². The highest BCUT2D eigenvalue weighted by Crippen LogP contribution is 2.20. The Bertz CT molecular complexity index is 913. The van der Waals surface area contributed by atoms with E-state index in [1.54, 1.807) is 23.4 Å². The Morgan fingerprint density at radius 2 is 2.07 bits per heavy atom. The van der Waals surface area contributed by atoms with Gasteiger partial charge in [-0.1, -0.05) is 0 Å². The predicted molar refractivity (Wildman–Crippen MR) is 93.9 cm³/mol. The summed E-state index contributed by atoms with van der Waals surface area (Å²) in [6.07, 6.45) is 6.64. The smallest absolute Gasteiger partial charge is 0.253 e. The topological polar surface area (TPSA) is 89.7 Å². The molecule has 0 bridgehead atoms. The highest BCUT2D eigenvalue weighted by molar-refractivity contribution is 5.94. The minimum Gasteiger partial charge on any atom is -0.338 e. The van der Waals surface area contributed by atoms with Crippen molar-refractivity contribution in [1.82, 2.24) is 35.1 Å². The Morgan fingerprint density at radius 3 is 2.85 bits per heavy atom. The zero-order valence-corrected chi connectivity index (χ0v) is 14.6. The van der Waals surface area contributed by atoms with Gasteiger partial charge in [0.1, 0.15) is 11.5 Å². The lowest BCUT2D eigenvalue weighted by Crippen LogP contribution is -2.41. The van der Waals surface area contributed by atoms with Crippen LogP contribution in [0.4, 0.5) is 4.39 Å². The van der Waals surface area contributed by atoms with Gasteiger partial charge in [0, 0.05) is 31.0 Å². The average molecular weight is 367 g/mol. The van der Waals surface area contributed by atoms with E-state index in [1.807, 2.05) is 4.90 Å². The first-order chi connectivity index (χ1) is 13.2. The van der Waals surface area contributed by atoms with Crippen LogP contribution in [0.25, 0.3) is 11.5 Å². The van der Waals surface area contributed by atoms with Gasteiger partial charge in [-0.3, -0.25) is 9.78 Å². The Balaban J connectivity index is 1.41. The van der Waals surface area contributed by atoms with E-state index < -0.39 is 0 Å². The molecule has 0 N–H and O–H groups in total. The SMILES string of the molecule is O=C(c1ccc(F)cc1)N1CCC[C@H](Cn2nnc(-c3cnccn3)n2)C1. The van der Waals surface area contributed by atoms with Gasteiger partial charge in [-0.05, 0) is 48.2 Å². The molecule has 1 atom stereocenters. The van der Waals surface area contributed by atoms with Crippen LogP contribution in [0.5, 0.6) is 0 Å². The molecular formula is C18H18FN7O. The van der Waals surface area contributed by atoms with E-state index in [1.165, 1.54) is 24.3 Å². The van der Waals surface area contributed by atoms with Gasteiger partial charge in [0.25, 0.3) is 5.91 Å². The third-order valence-electron chi connectivity index (χ3n) is 4.56. The van der Waals surface area contributed by atoms with Gasteiger partial charge in [-0.25, -0.2) is 9.37 Å². The molecule has 9 heteroatoms. The lowest BCUT2D eigenvalue weighted by atomic mass is 9.97. The van der Waals surface area contributed by atoms with Crippen LogP contribution < -0.4 is 0 Å². The number of piperidine rings is 1. The summed E-state index contributed by atoms with van der Waals surface area (Å²) < 4.78 is 13.1. The molecule has 1 aliphatic heterocycles. The zero-order valence-electron chi connectivity index (χ0n) is 14.6. The van der Waals surface area contributed by atoms with Crippen LogP contribution in [0.3, 0.4) is 0 Å². The molecule has 1 aromatic carbocycles. The van der Waals surface area contributed by atoms with Crippen LogP contribution in [-0.4, -0.2) is 54.1 Å². The summed E-state index contributed by atoms with van der Waals surface area (Å²) in [4.78, 5) is 24.2. The van der Waals surface area contributed by atoms with Gasteiger partial charge in [0.15, 0.2) is 0 Å². The van der Waals surface area contributed by atoms with Crippen LogP contribution in [0.1, 0.15) is 23.2 Å². The van der Waals surface area contributed by atoms with Crippen LogP contribution in [0.15, 0.2) is 42.9 Å². The number of aromatic nitrogens is 6. The van der Waals surface area contributed by atoms with Crippen LogP contribution >= 0.6 is 0 Å². The minimum absolute atomic E-state index is 0.0773. The largest absolute Gasteiger partial charge is 0.338 e. The number of benzene rings is 1. The second-order valence-corrected chi connectivity index (χ2v) is 6.52. The second kappa shape index (κ2) is 7.56. The molecule has 3 aromatic rings. The first kappa shape index (κ1) is 17.2. The molecule has 0 saturated carbocycles. The standard InChI is InChI=1S/C18H18FN7O/c19-15-5-3-14(4-6-15)18(27)25-9-1-2-13(11-25)12-26-23-17(22-24-26)16-10-20-7-8-21-16/h3-8,10,13H,1-2,9,11-12H2/t13-/m0/s1. The molecule has 0 radical (unpaired) electrons. The third kappa shape index (κ3) is 3.97. The Labute approximate surface area is 155 Å². The second-order valence-electron chi connectivity index (χ2n) is 6.52. The lowest BCUT2D eigenvalue weighted by Gasteiger charge is -2.32. The summed E-state index contributed by atoms with van der Waals surface area (Å²) in [5.41, 5.74) is 1.07. The number of amides is 1. The van der Waals surface area contributed by atoms with Crippen molar-refractivity contribution in [2.75, 3.05) is 13.1 Å². The van der Waals surface area contributed by atoms with Crippen molar-refractivity contribution >= 4 is 5.91 Å². The lowest BCUT2D eigenvalue weighted by molar-refractivity contribution is 0.0656. The van der Waals surface area contributed by atoms with Crippen molar-refractivity contribution in [1.29, 1.82) is 0 Å². The summed E-state index contributed by atoms with van der Waals surface area (Å²) in [7, 11) is 0. The number of nitrogens with zero attached hydrogens (tertiary/aromatic N) is 7. The fourth-order valence-corrected chi connectivity index (χ4v) is 3.24. The average Bonchev–Trinajstić information content (AvgIpc) is 3.17. The monoisotopic (exact) mass is 367 g/mol. The molecule has 0 unspecified atom stereocenters. The summed E-state index contributed by atoms with van der Waals surface area (Å²) in [5, 5.41) is 12.5. The Morgan fingerprint density at radius 1 is 1.22 bits per heavy atom. The summed E-state index contributed by atoms with van der Waals surface area (Å²) in [6, 6.07) is 5.66. The van der Waals surface area contributed by atoms with Crippen molar-refractivity contribution in [2.45, 2.75) is 19.4 Å². The molecule has 1 amide bonds. The number of rotatable bonds is 4. The summed E-state index contributed by atoms with van der Waals surface area (Å²) >= 11 is 0.